The Morgan fingerprint density at radius 2 is 1.58 bits per heavy atom. The van der Waals surface area contributed by atoms with Crippen LogP contribution >= 0.6 is 11.8 Å². The van der Waals surface area contributed by atoms with E-state index in [1.54, 1.807) is 11.1 Å². The summed E-state index contributed by atoms with van der Waals surface area (Å²) < 4.78 is 0. The molecule has 1 saturated heterocycles. The predicted molar refractivity (Wildman–Crippen MR) is 53.9 cm³/mol. The topological polar surface area (TPSA) is 0 Å². The predicted octanol–water partition coefficient (Wildman–Crippen LogP) is 3.00. The normalized spacial score (nSPS) is 31.7. The van der Waals surface area contributed by atoms with Crippen molar-refractivity contribution >= 4 is 11.8 Å². The van der Waals surface area contributed by atoms with Gasteiger partial charge in [0, 0.05) is 11.5 Å². The molecular formula is C11H12S. The molecule has 1 fully saturated rings. The highest BCUT2D eigenvalue weighted by molar-refractivity contribution is 7.99. The van der Waals surface area contributed by atoms with Crippen molar-refractivity contribution in [2.45, 2.75) is 18.3 Å². The molecule has 62 valence electrons. The molecule has 2 bridgehead atoms. The number of thioether (sulfide) groups is 1. The highest BCUT2D eigenvalue weighted by Gasteiger charge is 2.33. The van der Waals surface area contributed by atoms with Crippen LogP contribution in [0.1, 0.15) is 29.4 Å². The third-order valence-corrected chi connectivity index (χ3v) is 4.36. The zero-order chi connectivity index (χ0) is 7.97. The Kier molecular flexibility index (Phi) is 1.48. The van der Waals surface area contributed by atoms with Crippen LogP contribution in [0.25, 0.3) is 0 Å². The lowest BCUT2D eigenvalue weighted by Gasteiger charge is -2.17. The molecule has 0 unspecified atom stereocenters. The van der Waals surface area contributed by atoms with E-state index >= 15 is 0 Å². The Morgan fingerprint density at radius 3 is 2.17 bits per heavy atom. The van der Waals surface area contributed by atoms with E-state index in [1.165, 1.54) is 17.9 Å². The first-order valence-electron chi connectivity index (χ1n) is 4.62. The maximum atomic E-state index is 2.33. The van der Waals surface area contributed by atoms with Gasteiger partial charge in [-0.3, -0.25) is 0 Å². The van der Waals surface area contributed by atoms with Gasteiger partial charge in [-0.15, -0.1) is 0 Å². The van der Waals surface area contributed by atoms with Crippen LogP contribution in [0.3, 0.4) is 0 Å². The van der Waals surface area contributed by atoms with Gasteiger partial charge in [0.2, 0.25) is 0 Å². The van der Waals surface area contributed by atoms with Gasteiger partial charge < -0.3 is 0 Å². The van der Waals surface area contributed by atoms with Crippen LogP contribution in [0.5, 0.6) is 0 Å². The Balaban J connectivity index is 2.16. The second-order valence-electron chi connectivity index (χ2n) is 3.80. The number of benzene rings is 1. The molecule has 0 nitrogen and oxygen atoms in total. The monoisotopic (exact) mass is 176 g/mol. The average molecular weight is 176 g/mol. The molecule has 0 N–H and O–H groups in total. The van der Waals surface area contributed by atoms with Crippen LogP contribution in [0.15, 0.2) is 24.3 Å². The van der Waals surface area contributed by atoms with Gasteiger partial charge in [-0.05, 0) is 29.4 Å². The van der Waals surface area contributed by atoms with E-state index in [1.807, 2.05) is 0 Å². The van der Waals surface area contributed by atoms with Crippen molar-refractivity contribution < 1.29 is 0 Å². The Labute approximate surface area is 77.4 Å². The molecule has 0 radical (unpaired) electrons. The molecule has 1 aromatic carbocycles. The van der Waals surface area contributed by atoms with Gasteiger partial charge in [0.1, 0.15) is 0 Å². The molecule has 1 aliphatic heterocycles. The van der Waals surface area contributed by atoms with Crippen molar-refractivity contribution in [3.05, 3.63) is 35.4 Å². The van der Waals surface area contributed by atoms with E-state index < -0.39 is 0 Å². The van der Waals surface area contributed by atoms with E-state index in [9.17, 15) is 0 Å². The highest BCUT2D eigenvalue weighted by atomic mass is 32.2. The molecule has 3 rings (SSSR count). The minimum Gasteiger partial charge on any atom is -0.161 e. The fourth-order valence-corrected chi connectivity index (χ4v) is 3.86. The Morgan fingerprint density at radius 1 is 1.00 bits per heavy atom. The van der Waals surface area contributed by atoms with Crippen molar-refractivity contribution in [3.8, 4) is 0 Å². The van der Waals surface area contributed by atoms with Crippen molar-refractivity contribution in [2.24, 2.45) is 0 Å². The van der Waals surface area contributed by atoms with Gasteiger partial charge in [-0.1, -0.05) is 24.3 Å². The Hall–Kier alpha value is -0.430. The second kappa shape index (κ2) is 2.53. The van der Waals surface area contributed by atoms with Gasteiger partial charge in [-0.2, -0.15) is 11.8 Å². The van der Waals surface area contributed by atoms with Crippen molar-refractivity contribution in [1.82, 2.24) is 0 Å². The molecule has 0 saturated carbocycles. The molecule has 0 spiro atoms. The average Bonchev–Trinajstić information content (AvgIpc) is 2.41. The summed E-state index contributed by atoms with van der Waals surface area (Å²) >= 11 is 2.13. The fourth-order valence-electron chi connectivity index (χ4n) is 2.52. The van der Waals surface area contributed by atoms with Crippen LogP contribution in [-0.4, -0.2) is 11.5 Å². The van der Waals surface area contributed by atoms with Gasteiger partial charge >= 0.3 is 0 Å². The third-order valence-electron chi connectivity index (χ3n) is 3.08. The highest BCUT2D eigenvalue weighted by Crippen LogP contribution is 2.48. The summed E-state index contributed by atoms with van der Waals surface area (Å²) in [5.74, 6) is 4.47. The van der Waals surface area contributed by atoms with Crippen LogP contribution < -0.4 is 0 Å². The number of rotatable bonds is 0. The molecule has 1 aromatic rings. The summed E-state index contributed by atoms with van der Waals surface area (Å²) in [6, 6.07) is 9.02. The lowest BCUT2D eigenvalue weighted by atomic mass is 10.0. The van der Waals surface area contributed by atoms with Crippen molar-refractivity contribution in [2.75, 3.05) is 11.5 Å². The van der Waals surface area contributed by atoms with E-state index in [2.05, 4.69) is 36.0 Å². The molecule has 1 heteroatoms. The van der Waals surface area contributed by atoms with Crippen molar-refractivity contribution in [3.63, 3.8) is 0 Å². The summed E-state index contributed by atoms with van der Waals surface area (Å²) in [6.07, 6.45) is 1.42. The first-order chi connectivity index (χ1) is 5.95. The lowest BCUT2D eigenvalue weighted by Crippen LogP contribution is -2.06. The van der Waals surface area contributed by atoms with Crippen LogP contribution in [-0.2, 0) is 0 Å². The van der Waals surface area contributed by atoms with Gasteiger partial charge in [0.25, 0.3) is 0 Å². The molecule has 12 heavy (non-hydrogen) atoms. The number of hydrogen-bond acceptors (Lipinski definition) is 1. The molecule has 1 heterocycles. The maximum absolute atomic E-state index is 2.33. The molecule has 1 aliphatic carbocycles. The van der Waals surface area contributed by atoms with Crippen molar-refractivity contribution in [1.29, 1.82) is 0 Å². The minimum absolute atomic E-state index is 0.880. The summed E-state index contributed by atoms with van der Waals surface area (Å²) in [4.78, 5) is 0. The fraction of sp³-hybridized carbons (Fsp3) is 0.455. The summed E-state index contributed by atoms with van der Waals surface area (Å²) in [5, 5.41) is 0. The lowest BCUT2D eigenvalue weighted by molar-refractivity contribution is 0.655. The first kappa shape index (κ1) is 7.02. The quantitative estimate of drug-likeness (QED) is 0.585. The van der Waals surface area contributed by atoms with Crippen LogP contribution in [0.2, 0.25) is 0 Å². The van der Waals surface area contributed by atoms with E-state index in [0.29, 0.717) is 0 Å². The SMILES string of the molecule is c1ccc2c(c1)[C@H]1CSC[C@H]2C1. The first-order valence-corrected chi connectivity index (χ1v) is 5.77. The standard InChI is InChI=1S/C11H12S/c1-2-4-11-9-5-8(6-12-7-9)10(11)3-1/h1-4,8-9H,5-7H2/t8-,9-/m1/s1. The van der Waals surface area contributed by atoms with Gasteiger partial charge in [0.05, 0.1) is 0 Å². The molecule has 2 atom stereocenters. The zero-order valence-corrected chi connectivity index (χ0v) is 7.81. The van der Waals surface area contributed by atoms with Crippen LogP contribution in [0, 0.1) is 0 Å². The maximum Gasteiger partial charge on any atom is 0.000201 e. The molecule has 0 amide bonds. The molecule has 0 aromatic heterocycles. The minimum atomic E-state index is 0.880. The Bertz CT molecular complexity index is 277. The van der Waals surface area contributed by atoms with E-state index in [-0.39, 0.29) is 0 Å². The molecular weight excluding hydrogens is 164 g/mol. The van der Waals surface area contributed by atoms with Crippen LogP contribution in [0.4, 0.5) is 0 Å². The number of fused-ring (bicyclic) bond motifs is 5. The summed E-state index contributed by atoms with van der Waals surface area (Å²) in [7, 11) is 0. The zero-order valence-electron chi connectivity index (χ0n) is 6.99. The summed E-state index contributed by atoms with van der Waals surface area (Å²) in [5.41, 5.74) is 3.29. The van der Waals surface area contributed by atoms with Gasteiger partial charge in [-0.25, -0.2) is 0 Å². The van der Waals surface area contributed by atoms with E-state index in [4.69, 9.17) is 0 Å². The van der Waals surface area contributed by atoms with Gasteiger partial charge in [0.15, 0.2) is 0 Å². The smallest absolute Gasteiger partial charge is 0.000201 e. The molecule has 2 aliphatic rings. The second-order valence-corrected chi connectivity index (χ2v) is 4.87. The largest absolute Gasteiger partial charge is 0.161 e. The van der Waals surface area contributed by atoms with E-state index in [0.717, 1.165) is 11.8 Å². The third kappa shape index (κ3) is 0.861. The summed E-state index contributed by atoms with van der Waals surface area (Å²) in [6.45, 7) is 0. The number of hydrogen-bond donors (Lipinski definition) is 0.